The van der Waals surface area contributed by atoms with E-state index in [2.05, 4.69) is 11.4 Å². The normalized spacial score (nSPS) is 10.7. The average molecular weight is 292 g/mol. The minimum atomic E-state index is -0.281. The van der Waals surface area contributed by atoms with E-state index in [4.69, 9.17) is 19.5 Å². The molecule has 1 aromatic rings. The van der Waals surface area contributed by atoms with Crippen LogP contribution < -0.4 is 19.5 Å². The Hall–Kier alpha value is -2.09. The van der Waals surface area contributed by atoms with Crippen LogP contribution in [0.2, 0.25) is 0 Å². The minimum absolute atomic E-state index is 0.281. The molecule has 0 aliphatic heterocycles. The van der Waals surface area contributed by atoms with E-state index in [1.807, 2.05) is 26.0 Å². The number of benzene rings is 1. The lowest BCUT2D eigenvalue weighted by Gasteiger charge is -2.17. The van der Waals surface area contributed by atoms with Gasteiger partial charge in [-0.2, -0.15) is 5.26 Å². The Bertz CT molecular complexity index is 482. The zero-order chi connectivity index (χ0) is 15.9. The van der Waals surface area contributed by atoms with Gasteiger partial charge < -0.3 is 19.5 Å². The molecule has 0 bridgehead atoms. The summed E-state index contributed by atoms with van der Waals surface area (Å²) in [5.41, 5.74) is 0.621. The van der Waals surface area contributed by atoms with Crippen molar-refractivity contribution in [2.24, 2.45) is 5.41 Å². The molecule has 0 spiro atoms. The predicted molar refractivity (Wildman–Crippen MR) is 83.2 cm³/mol. The Morgan fingerprint density at radius 3 is 2.10 bits per heavy atom. The molecule has 0 saturated heterocycles. The maximum atomic E-state index is 8.99. The van der Waals surface area contributed by atoms with E-state index in [1.165, 1.54) is 0 Å². The Morgan fingerprint density at radius 1 is 1.10 bits per heavy atom. The van der Waals surface area contributed by atoms with E-state index in [1.54, 1.807) is 21.3 Å². The Labute approximate surface area is 126 Å². The molecule has 0 saturated carbocycles. The van der Waals surface area contributed by atoms with Gasteiger partial charge in [0.1, 0.15) is 0 Å². The standard InChI is InChI=1S/C16H24N2O3/c1-16(2,11-17)7-6-8-18-12-9-13(19-3)15(21-5)14(10-12)20-4/h9-10,18H,6-8H2,1-5H3. The molecule has 0 fully saturated rings. The van der Waals surface area contributed by atoms with Crippen LogP contribution in [0, 0.1) is 16.7 Å². The molecule has 0 amide bonds. The molecule has 1 N–H and O–H groups in total. The Balaban J connectivity index is 2.70. The summed E-state index contributed by atoms with van der Waals surface area (Å²) in [6.45, 7) is 4.68. The van der Waals surface area contributed by atoms with E-state index in [0.717, 1.165) is 25.1 Å². The molecule has 5 heteroatoms. The number of methoxy groups -OCH3 is 3. The van der Waals surface area contributed by atoms with E-state index in [-0.39, 0.29) is 5.41 Å². The zero-order valence-electron chi connectivity index (χ0n) is 13.4. The number of hydrogen-bond donors (Lipinski definition) is 1. The van der Waals surface area contributed by atoms with Crippen LogP contribution >= 0.6 is 0 Å². The molecule has 0 unspecified atom stereocenters. The summed E-state index contributed by atoms with van der Waals surface area (Å²) in [7, 11) is 4.77. The summed E-state index contributed by atoms with van der Waals surface area (Å²) in [6, 6.07) is 6.05. The molecule has 0 atom stereocenters. The molecule has 1 rings (SSSR count). The van der Waals surface area contributed by atoms with Gasteiger partial charge in [-0.05, 0) is 26.7 Å². The lowest BCUT2D eigenvalue weighted by molar-refractivity contribution is 0.324. The second kappa shape index (κ2) is 7.63. The molecular formula is C16H24N2O3. The number of nitrogens with one attached hydrogen (secondary N) is 1. The van der Waals surface area contributed by atoms with Gasteiger partial charge in [0.05, 0.1) is 32.8 Å². The summed E-state index contributed by atoms with van der Waals surface area (Å²) in [5.74, 6) is 1.82. The number of ether oxygens (including phenoxy) is 3. The lowest BCUT2D eigenvalue weighted by atomic mass is 9.90. The van der Waals surface area contributed by atoms with Crippen molar-refractivity contribution in [1.29, 1.82) is 5.26 Å². The fraction of sp³-hybridized carbons (Fsp3) is 0.562. The predicted octanol–water partition coefficient (Wildman–Crippen LogP) is 3.45. The van der Waals surface area contributed by atoms with E-state index >= 15 is 0 Å². The number of rotatable bonds is 8. The van der Waals surface area contributed by atoms with Gasteiger partial charge in [0.2, 0.25) is 5.75 Å². The first-order chi connectivity index (χ1) is 9.97. The molecule has 116 valence electrons. The Morgan fingerprint density at radius 2 is 1.67 bits per heavy atom. The van der Waals surface area contributed by atoms with Crippen LogP contribution in [0.4, 0.5) is 5.69 Å². The average Bonchev–Trinajstić information content (AvgIpc) is 2.50. The third-order valence-corrected chi connectivity index (χ3v) is 3.28. The number of nitriles is 1. The highest BCUT2D eigenvalue weighted by Crippen LogP contribution is 2.39. The van der Waals surface area contributed by atoms with Gasteiger partial charge in [0.25, 0.3) is 0 Å². The van der Waals surface area contributed by atoms with Crippen LogP contribution in [0.25, 0.3) is 0 Å². The van der Waals surface area contributed by atoms with Gasteiger partial charge in [-0.3, -0.25) is 0 Å². The summed E-state index contributed by atoms with van der Waals surface area (Å²) in [4.78, 5) is 0. The van der Waals surface area contributed by atoms with Crippen LogP contribution in [0.15, 0.2) is 12.1 Å². The topological polar surface area (TPSA) is 63.5 Å². The van der Waals surface area contributed by atoms with Crippen LogP contribution in [0.3, 0.4) is 0 Å². The minimum Gasteiger partial charge on any atom is -0.493 e. The first-order valence-corrected chi connectivity index (χ1v) is 6.92. The number of nitrogens with zero attached hydrogens (tertiary/aromatic N) is 1. The van der Waals surface area contributed by atoms with Gasteiger partial charge in [0.15, 0.2) is 11.5 Å². The van der Waals surface area contributed by atoms with Crippen molar-refractivity contribution in [3.8, 4) is 23.3 Å². The Kier molecular flexibility index (Phi) is 6.16. The molecule has 0 aliphatic rings. The highest BCUT2D eigenvalue weighted by molar-refractivity contribution is 5.62. The second-order valence-electron chi connectivity index (χ2n) is 5.44. The smallest absolute Gasteiger partial charge is 0.203 e. The molecule has 0 aliphatic carbocycles. The van der Waals surface area contributed by atoms with Crippen molar-refractivity contribution in [2.45, 2.75) is 26.7 Å². The van der Waals surface area contributed by atoms with E-state index in [9.17, 15) is 0 Å². The third-order valence-electron chi connectivity index (χ3n) is 3.28. The van der Waals surface area contributed by atoms with Crippen molar-refractivity contribution < 1.29 is 14.2 Å². The van der Waals surface area contributed by atoms with E-state index in [0.29, 0.717) is 17.2 Å². The highest BCUT2D eigenvalue weighted by atomic mass is 16.5. The molecule has 0 heterocycles. The zero-order valence-corrected chi connectivity index (χ0v) is 13.4. The SMILES string of the molecule is COc1cc(NCCCC(C)(C)C#N)cc(OC)c1OC. The molecule has 0 radical (unpaired) electrons. The van der Waals surface area contributed by atoms with Crippen LogP contribution in [0.1, 0.15) is 26.7 Å². The maximum absolute atomic E-state index is 8.99. The summed E-state index contributed by atoms with van der Waals surface area (Å²) in [5, 5.41) is 12.3. The third kappa shape index (κ3) is 4.75. The van der Waals surface area contributed by atoms with Crippen molar-refractivity contribution in [2.75, 3.05) is 33.2 Å². The van der Waals surface area contributed by atoms with Gasteiger partial charge in [-0.15, -0.1) is 0 Å². The summed E-state index contributed by atoms with van der Waals surface area (Å²) >= 11 is 0. The van der Waals surface area contributed by atoms with Crippen molar-refractivity contribution in [1.82, 2.24) is 0 Å². The largest absolute Gasteiger partial charge is 0.493 e. The maximum Gasteiger partial charge on any atom is 0.203 e. The molecule has 1 aromatic carbocycles. The molecule has 0 aromatic heterocycles. The monoisotopic (exact) mass is 292 g/mol. The van der Waals surface area contributed by atoms with Crippen molar-refractivity contribution in [3.05, 3.63) is 12.1 Å². The highest BCUT2D eigenvalue weighted by Gasteiger charge is 2.16. The quantitative estimate of drug-likeness (QED) is 0.743. The van der Waals surface area contributed by atoms with Gasteiger partial charge in [-0.1, -0.05) is 0 Å². The first kappa shape index (κ1) is 17.0. The van der Waals surface area contributed by atoms with Crippen LogP contribution in [0.5, 0.6) is 17.2 Å². The molecule has 21 heavy (non-hydrogen) atoms. The number of anilines is 1. The fourth-order valence-corrected chi connectivity index (χ4v) is 2.00. The number of hydrogen-bond acceptors (Lipinski definition) is 5. The fourth-order valence-electron chi connectivity index (χ4n) is 2.00. The second-order valence-corrected chi connectivity index (χ2v) is 5.44. The molecule has 5 nitrogen and oxygen atoms in total. The van der Waals surface area contributed by atoms with Crippen LogP contribution in [-0.4, -0.2) is 27.9 Å². The summed E-state index contributed by atoms with van der Waals surface area (Å²) < 4.78 is 15.9. The van der Waals surface area contributed by atoms with Gasteiger partial charge >= 0.3 is 0 Å². The van der Waals surface area contributed by atoms with E-state index < -0.39 is 0 Å². The van der Waals surface area contributed by atoms with Crippen molar-refractivity contribution in [3.63, 3.8) is 0 Å². The van der Waals surface area contributed by atoms with Gasteiger partial charge in [-0.25, -0.2) is 0 Å². The van der Waals surface area contributed by atoms with Gasteiger partial charge in [0, 0.05) is 24.4 Å². The first-order valence-electron chi connectivity index (χ1n) is 6.92. The molecular weight excluding hydrogens is 268 g/mol. The van der Waals surface area contributed by atoms with Crippen LogP contribution in [-0.2, 0) is 0 Å². The lowest BCUT2D eigenvalue weighted by Crippen LogP contribution is -2.11. The van der Waals surface area contributed by atoms with Crippen molar-refractivity contribution >= 4 is 5.69 Å². The summed E-state index contributed by atoms with van der Waals surface area (Å²) in [6.07, 6.45) is 1.76.